The van der Waals surface area contributed by atoms with Gasteiger partial charge in [-0.1, -0.05) is 13.5 Å². The Kier molecular flexibility index (Phi) is 3.77. The summed E-state index contributed by atoms with van der Waals surface area (Å²) < 4.78 is 4.86. The number of esters is 1. The Morgan fingerprint density at radius 2 is 2.10 bits per heavy atom. The van der Waals surface area contributed by atoms with Crippen molar-refractivity contribution in [3.05, 3.63) is 12.2 Å². The highest BCUT2D eigenvalue weighted by Gasteiger charge is 2.06. The highest BCUT2D eigenvalue weighted by Crippen LogP contribution is 2.01. The Labute approximate surface area is 61.9 Å². The third kappa shape index (κ3) is 3.28. The average Bonchev–Trinajstić information content (AvgIpc) is 1.85. The van der Waals surface area contributed by atoms with Gasteiger partial charge in [-0.25, -0.2) is 4.79 Å². The zero-order chi connectivity index (χ0) is 8.15. The summed E-state index contributed by atoms with van der Waals surface area (Å²) in [6.07, 6.45) is 0.613. The summed E-state index contributed by atoms with van der Waals surface area (Å²) in [5.41, 5.74) is 0.536. The van der Waals surface area contributed by atoms with Crippen LogP contribution in [0.4, 0.5) is 0 Å². The van der Waals surface area contributed by atoms with Crippen molar-refractivity contribution >= 4 is 5.97 Å². The highest BCUT2D eigenvalue weighted by atomic mass is 16.5. The molecule has 0 amide bonds. The molecule has 2 nitrogen and oxygen atoms in total. The van der Waals surface area contributed by atoms with Crippen LogP contribution in [0.5, 0.6) is 0 Å². The molecule has 0 aliphatic rings. The van der Waals surface area contributed by atoms with E-state index >= 15 is 0 Å². The quantitative estimate of drug-likeness (QED) is 0.444. The van der Waals surface area contributed by atoms with E-state index in [4.69, 9.17) is 4.74 Å². The molecule has 0 saturated heterocycles. The summed E-state index contributed by atoms with van der Waals surface area (Å²) in [6, 6.07) is 0. The van der Waals surface area contributed by atoms with Gasteiger partial charge in [0.25, 0.3) is 0 Å². The van der Waals surface area contributed by atoms with Crippen LogP contribution >= 0.6 is 0 Å². The van der Waals surface area contributed by atoms with Gasteiger partial charge in [-0.2, -0.15) is 0 Å². The fourth-order valence-electron chi connectivity index (χ4n) is 0.442. The van der Waals surface area contributed by atoms with Crippen LogP contribution in [-0.4, -0.2) is 12.1 Å². The van der Waals surface area contributed by atoms with Gasteiger partial charge in [-0.05, 0) is 20.3 Å². The molecule has 0 aliphatic heterocycles. The number of rotatable bonds is 3. The lowest BCUT2D eigenvalue weighted by Crippen LogP contribution is -2.12. The van der Waals surface area contributed by atoms with E-state index in [-0.39, 0.29) is 12.1 Å². The number of carbonyl (C=O) groups is 1. The molecular formula is C8H14O2. The average molecular weight is 142 g/mol. The van der Waals surface area contributed by atoms with Gasteiger partial charge in [0, 0.05) is 5.57 Å². The summed E-state index contributed by atoms with van der Waals surface area (Å²) in [5, 5.41) is 0. The second-order valence-electron chi connectivity index (χ2n) is 2.41. The van der Waals surface area contributed by atoms with Crippen LogP contribution in [0.15, 0.2) is 12.2 Å². The zero-order valence-corrected chi connectivity index (χ0v) is 6.81. The molecule has 0 aliphatic carbocycles. The van der Waals surface area contributed by atoms with Gasteiger partial charge in [0.2, 0.25) is 0 Å². The van der Waals surface area contributed by atoms with E-state index in [1.807, 2.05) is 20.8 Å². The van der Waals surface area contributed by atoms with Crippen molar-refractivity contribution in [1.82, 2.24) is 0 Å². The molecule has 0 unspecified atom stereocenters. The molecule has 0 saturated carbocycles. The largest absolute Gasteiger partial charge is 0.460 e. The molecular weight excluding hydrogens is 128 g/mol. The molecule has 0 rings (SSSR count). The van der Waals surface area contributed by atoms with Crippen LogP contribution in [-0.2, 0) is 9.53 Å². The van der Waals surface area contributed by atoms with Crippen molar-refractivity contribution in [1.29, 1.82) is 0 Å². The molecule has 0 spiro atoms. The van der Waals surface area contributed by atoms with E-state index in [0.717, 1.165) is 0 Å². The van der Waals surface area contributed by atoms with Crippen LogP contribution in [0.3, 0.4) is 0 Å². The van der Waals surface area contributed by atoms with E-state index in [9.17, 15) is 4.79 Å². The number of ether oxygens (including phenoxy) is 1. The predicted octanol–water partition coefficient (Wildman–Crippen LogP) is 1.90. The molecule has 58 valence electrons. The molecule has 10 heavy (non-hydrogen) atoms. The van der Waals surface area contributed by atoms with E-state index in [2.05, 4.69) is 6.58 Å². The Hall–Kier alpha value is -0.790. The summed E-state index contributed by atoms with van der Waals surface area (Å²) in [4.78, 5) is 10.9. The Morgan fingerprint density at radius 3 is 2.40 bits per heavy atom. The monoisotopic (exact) mass is 142 g/mol. The smallest absolute Gasteiger partial charge is 0.333 e. The van der Waals surface area contributed by atoms with Gasteiger partial charge in [-0.3, -0.25) is 0 Å². The van der Waals surface area contributed by atoms with Crippen LogP contribution in [0, 0.1) is 0 Å². The molecule has 0 aromatic heterocycles. The first-order chi connectivity index (χ1) is 4.57. The van der Waals surface area contributed by atoms with Crippen molar-refractivity contribution in [3.63, 3.8) is 0 Å². The fourth-order valence-corrected chi connectivity index (χ4v) is 0.442. The normalized spacial score (nSPS) is 9.60. The molecule has 0 aromatic rings. The van der Waals surface area contributed by atoms with Crippen LogP contribution in [0.1, 0.15) is 27.2 Å². The maximum absolute atomic E-state index is 10.9. The highest BCUT2D eigenvalue weighted by molar-refractivity contribution is 5.87. The van der Waals surface area contributed by atoms with Gasteiger partial charge < -0.3 is 4.74 Å². The third-order valence-electron chi connectivity index (χ3n) is 1.06. The molecule has 0 N–H and O–H groups in total. The van der Waals surface area contributed by atoms with Crippen LogP contribution in [0.25, 0.3) is 0 Å². The molecule has 2 heteroatoms. The topological polar surface area (TPSA) is 26.3 Å². The lowest BCUT2D eigenvalue weighted by atomic mass is 10.2. The van der Waals surface area contributed by atoms with E-state index in [1.165, 1.54) is 0 Å². The first kappa shape index (κ1) is 9.21. The SMILES string of the molecule is C=C(CC)C(=O)OC(C)C. The zero-order valence-electron chi connectivity index (χ0n) is 6.81. The number of carbonyl (C=O) groups excluding carboxylic acids is 1. The Bertz CT molecular complexity index is 136. The summed E-state index contributed by atoms with van der Waals surface area (Å²) in [6.45, 7) is 9.07. The molecule has 0 radical (unpaired) electrons. The van der Waals surface area contributed by atoms with Crippen LogP contribution < -0.4 is 0 Å². The summed E-state index contributed by atoms with van der Waals surface area (Å²) in [5.74, 6) is -0.280. The van der Waals surface area contributed by atoms with Crippen molar-refractivity contribution in [2.75, 3.05) is 0 Å². The number of hydrogen-bond donors (Lipinski definition) is 0. The minimum Gasteiger partial charge on any atom is -0.460 e. The van der Waals surface area contributed by atoms with Gasteiger partial charge in [-0.15, -0.1) is 0 Å². The fraction of sp³-hybridized carbons (Fsp3) is 0.625. The van der Waals surface area contributed by atoms with E-state index in [1.54, 1.807) is 0 Å². The summed E-state index contributed by atoms with van der Waals surface area (Å²) >= 11 is 0. The predicted molar refractivity (Wildman–Crippen MR) is 40.7 cm³/mol. The van der Waals surface area contributed by atoms with Gasteiger partial charge in [0.15, 0.2) is 0 Å². The first-order valence-corrected chi connectivity index (χ1v) is 3.46. The van der Waals surface area contributed by atoms with Crippen molar-refractivity contribution < 1.29 is 9.53 Å². The lowest BCUT2D eigenvalue weighted by molar-refractivity contribution is -0.142. The molecule has 0 atom stereocenters. The van der Waals surface area contributed by atoms with Crippen molar-refractivity contribution in [2.24, 2.45) is 0 Å². The molecule has 0 fully saturated rings. The second kappa shape index (κ2) is 4.09. The Morgan fingerprint density at radius 1 is 1.60 bits per heavy atom. The minimum atomic E-state index is -0.280. The minimum absolute atomic E-state index is 0.0456. The van der Waals surface area contributed by atoms with Gasteiger partial charge in [0.05, 0.1) is 6.10 Å². The number of hydrogen-bond acceptors (Lipinski definition) is 2. The van der Waals surface area contributed by atoms with Crippen molar-refractivity contribution in [2.45, 2.75) is 33.3 Å². The van der Waals surface area contributed by atoms with E-state index < -0.39 is 0 Å². The third-order valence-corrected chi connectivity index (χ3v) is 1.06. The van der Waals surface area contributed by atoms with Crippen LogP contribution in [0.2, 0.25) is 0 Å². The second-order valence-corrected chi connectivity index (χ2v) is 2.41. The first-order valence-electron chi connectivity index (χ1n) is 3.46. The van der Waals surface area contributed by atoms with Gasteiger partial charge in [0.1, 0.15) is 0 Å². The van der Waals surface area contributed by atoms with Gasteiger partial charge >= 0.3 is 5.97 Å². The maximum atomic E-state index is 10.9. The van der Waals surface area contributed by atoms with E-state index in [0.29, 0.717) is 12.0 Å². The van der Waals surface area contributed by atoms with Crippen molar-refractivity contribution in [3.8, 4) is 0 Å². The Balaban J connectivity index is 3.74. The molecule has 0 aromatic carbocycles. The molecule has 0 heterocycles. The molecule has 0 bridgehead atoms. The standard InChI is InChI=1S/C8H14O2/c1-5-7(4)8(9)10-6(2)3/h6H,4-5H2,1-3H3. The lowest BCUT2D eigenvalue weighted by Gasteiger charge is -2.07. The summed E-state index contributed by atoms with van der Waals surface area (Å²) in [7, 11) is 0. The maximum Gasteiger partial charge on any atom is 0.333 e.